The molecule has 4 nitrogen and oxygen atoms in total. The van der Waals surface area contributed by atoms with Crippen LogP contribution in [0.2, 0.25) is 0 Å². The van der Waals surface area contributed by atoms with Crippen LogP contribution in [0.4, 0.5) is 0 Å². The average Bonchev–Trinajstić information content (AvgIpc) is 3.17. The van der Waals surface area contributed by atoms with Crippen LogP contribution < -0.4 is 0 Å². The molecule has 0 saturated heterocycles. The van der Waals surface area contributed by atoms with Crippen molar-refractivity contribution >= 4 is 11.3 Å². The summed E-state index contributed by atoms with van der Waals surface area (Å²) in [6.45, 7) is 3.53. The Bertz CT molecular complexity index is 765. The lowest BCUT2D eigenvalue weighted by Crippen LogP contribution is -2.35. The van der Waals surface area contributed by atoms with E-state index in [9.17, 15) is 0 Å². The zero-order valence-corrected chi connectivity index (χ0v) is 13.2. The summed E-state index contributed by atoms with van der Waals surface area (Å²) < 4.78 is 5.58. The van der Waals surface area contributed by atoms with Crippen molar-refractivity contribution in [3.8, 4) is 0 Å². The van der Waals surface area contributed by atoms with Crippen molar-refractivity contribution in [3.05, 3.63) is 69.6 Å². The van der Waals surface area contributed by atoms with E-state index in [1.807, 2.05) is 18.3 Å². The van der Waals surface area contributed by atoms with Crippen molar-refractivity contribution in [2.75, 3.05) is 6.54 Å². The van der Waals surface area contributed by atoms with Gasteiger partial charge in [0.2, 0.25) is 11.8 Å². The molecule has 0 spiro atoms. The van der Waals surface area contributed by atoms with E-state index in [0.29, 0.717) is 18.3 Å². The first kappa shape index (κ1) is 13.7. The fraction of sp³-hybridized carbons (Fsp3) is 0.294. The highest BCUT2D eigenvalue weighted by molar-refractivity contribution is 7.10. The van der Waals surface area contributed by atoms with E-state index in [-0.39, 0.29) is 6.04 Å². The van der Waals surface area contributed by atoms with Crippen molar-refractivity contribution in [1.29, 1.82) is 0 Å². The van der Waals surface area contributed by atoms with Crippen molar-refractivity contribution < 1.29 is 4.42 Å². The average molecular weight is 311 g/mol. The van der Waals surface area contributed by atoms with Gasteiger partial charge in [0.25, 0.3) is 0 Å². The van der Waals surface area contributed by atoms with Gasteiger partial charge in [-0.25, -0.2) is 0 Å². The number of hydrogen-bond donors (Lipinski definition) is 0. The Morgan fingerprint density at radius 1 is 1.23 bits per heavy atom. The molecule has 3 heterocycles. The molecule has 22 heavy (non-hydrogen) atoms. The van der Waals surface area contributed by atoms with E-state index in [1.54, 1.807) is 0 Å². The number of hydrogen-bond acceptors (Lipinski definition) is 5. The number of rotatable bonds is 3. The third-order valence-electron chi connectivity index (χ3n) is 4.09. The van der Waals surface area contributed by atoms with E-state index in [1.165, 1.54) is 16.0 Å². The summed E-state index contributed by atoms with van der Waals surface area (Å²) in [5, 5.41) is 10.3. The van der Waals surface area contributed by atoms with Crippen LogP contribution in [0.15, 0.2) is 46.2 Å². The minimum Gasteiger partial charge on any atom is -0.424 e. The fourth-order valence-corrected chi connectivity index (χ4v) is 4.04. The molecule has 1 atom stereocenters. The van der Waals surface area contributed by atoms with Crippen LogP contribution in [0.1, 0.15) is 33.8 Å². The predicted molar refractivity (Wildman–Crippen MR) is 85.8 cm³/mol. The predicted octanol–water partition coefficient (Wildman–Crippen LogP) is 3.59. The first-order valence-electron chi connectivity index (χ1n) is 7.45. The summed E-state index contributed by atoms with van der Waals surface area (Å²) in [4.78, 5) is 3.92. The minimum atomic E-state index is 0.267. The lowest BCUT2D eigenvalue weighted by atomic mass is 9.93. The number of aryl methyl sites for hydroxylation is 1. The van der Waals surface area contributed by atoms with E-state index in [4.69, 9.17) is 4.42 Å². The van der Waals surface area contributed by atoms with E-state index in [2.05, 4.69) is 56.9 Å². The second kappa shape index (κ2) is 5.66. The smallest absolute Gasteiger partial charge is 0.230 e. The summed E-state index contributed by atoms with van der Waals surface area (Å²) >= 11 is 1.86. The Morgan fingerprint density at radius 2 is 2.09 bits per heavy atom. The lowest BCUT2D eigenvalue weighted by Gasteiger charge is -2.35. The second-order valence-electron chi connectivity index (χ2n) is 5.55. The van der Waals surface area contributed by atoms with Gasteiger partial charge in [0.15, 0.2) is 0 Å². The van der Waals surface area contributed by atoms with Crippen molar-refractivity contribution in [2.24, 2.45) is 0 Å². The number of fused-ring (bicyclic) bond motifs is 1. The molecule has 0 aliphatic carbocycles. The Hall–Kier alpha value is -1.98. The number of thiophene rings is 1. The quantitative estimate of drug-likeness (QED) is 0.741. The molecule has 0 bridgehead atoms. The van der Waals surface area contributed by atoms with Crippen LogP contribution in [-0.4, -0.2) is 21.6 Å². The summed E-state index contributed by atoms with van der Waals surface area (Å²) in [5.74, 6) is 1.32. The Morgan fingerprint density at radius 3 is 2.86 bits per heavy atom. The second-order valence-corrected chi connectivity index (χ2v) is 6.55. The lowest BCUT2D eigenvalue weighted by molar-refractivity contribution is 0.186. The molecule has 0 amide bonds. The van der Waals surface area contributed by atoms with Gasteiger partial charge in [-0.2, -0.15) is 0 Å². The Balaban J connectivity index is 1.71. The van der Waals surface area contributed by atoms with E-state index < -0.39 is 0 Å². The van der Waals surface area contributed by atoms with E-state index in [0.717, 1.165) is 13.0 Å². The Kier molecular flexibility index (Phi) is 3.52. The molecule has 0 unspecified atom stereocenters. The summed E-state index contributed by atoms with van der Waals surface area (Å²) in [5.41, 5.74) is 2.73. The number of aromatic nitrogens is 2. The molecule has 4 rings (SSSR count). The monoisotopic (exact) mass is 311 g/mol. The molecular formula is C17H17N3OS. The highest BCUT2D eigenvalue weighted by Crippen LogP contribution is 2.38. The van der Waals surface area contributed by atoms with Gasteiger partial charge in [0, 0.05) is 18.3 Å². The molecule has 1 aliphatic rings. The third kappa shape index (κ3) is 2.46. The molecule has 0 fully saturated rings. The fourth-order valence-electron chi connectivity index (χ4n) is 3.14. The molecule has 5 heteroatoms. The van der Waals surface area contributed by atoms with Gasteiger partial charge < -0.3 is 4.42 Å². The van der Waals surface area contributed by atoms with Crippen molar-refractivity contribution in [3.63, 3.8) is 0 Å². The van der Waals surface area contributed by atoms with Crippen LogP contribution in [0, 0.1) is 6.92 Å². The van der Waals surface area contributed by atoms with E-state index >= 15 is 0 Å². The summed E-state index contributed by atoms with van der Waals surface area (Å²) in [7, 11) is 0. The molecule has 1 aliphatic heterocycles. The largest absolute Gasteiger partial charge is 0.424 e. The normalized spacial score (nSPS) is 18.3. The zero-order valence-electron chi connectivity index (χ0n) is 12.4. The maximum Gasteiger partial charge on any atom is 0.230 e. The first-order valence-corrected chi connectivity index (χ1v) is 8.33. The van der Waals surface area contributed by atoms with Gasteiger partial charge in [0.05, 0.1) is 12.6 Å². The molecule has 1 aromatic carbocycles. The van der Waals surface area contributed by atoms with Crippen LogP contribution in [0.25, 0.3) is 0 Å². The molecule has 3 aromatic rings. The summed E-state index contributed by atoms with van der Waals surface area (Å²) in [6, 6.07) is 13.2. The van der Waals surface area contributed by atoms with Crippen molar-refractivity contribution in [1.82, 2.24) is 15.1 Å². The van der Waals surface area contributed by atoms with Crippen molar-refractivity contribution in [2.45, 2.75) is 25.9 Å². The summed E-state index contributed by atoms with van der Waals surface area (Å²) in [6.07, 6.45) is 1.09. The minimum absolute atomic E-state index is 0.267. The zero-order chi connectivity index (χ0) is 14.9. The molecule has 0 saturated carbocycles. The molecule has 2 aromatic heterocycles. The first-order chi connectivity index (χ1) is 10.8. The number of benzene rings is 1. The van der Waals surface area contributed by atoms with Crippen LogP contribution in [0.3, 0.4) is 0 Å². The van der Waals surface area contributed by atoms with Gasteiger partial charge in [-0.15, -0.1) is 21.5 Å². The van der Waals surface area contributed by atoms with Gasteiger partial charge in [0.1, 0.15) is 0 Å². The maximum absolute atomic E-state index is 5.58. The van der Waals surface area contributed by atoms with Crippen LogP contribution in [0.5, 0.6) is 0 Å². The van der Waals surface area contributed by atoms with Gasteiger partial charge in [-0.05, 0) is 29.0 Å². The van der Waals surface area contributed by atoms with Crippen LogP contribution >= 0.6 is 11.3 Å². The van der Waals surface area contributed by atoms with Gasteiger partial charge in [-0.1, -0.05) is 30.3 Å². The number of nitrogens with zero attached hydrogens (tertiary/aromatic N) is 3. The highest BCUT2D eigenvalue weighted by Gasteiger charge is 2.30. The Labute approximate surface area is 133 Å². The molecular weight excluding hydrogens is 294 g/mol. The highest BCUT2D eigenvalue weighted by atomic mass is 32.1. The molecule has 0 N–H and O–H groups in total. The third-order valence-corrected chi connectivity index (χ3v) is 5.08. The topological polar surface area (TPSA) is 42.2 Å². The maximum atomic E-state index is 5.58. The van der Waals surface area contributed by atoms with Crippen LogP contribution in [-0.2, 0) is 13.0 Å². The molecule has 0 radical (unpaired) electrons. The molecule has 112 valence electrons. The van der Waals surface area contributed by atoms with Gasteiger partial charge in [-0.3, -0.25) is 4.90 Å². The SMILES string of the molecule is Cc1nnc(CN2CCc3sccc3[C@H]2c2ccccc2)o1. The van der Waals surface area contributed by atoms with Gasteiger partial charge >= 0.3 is 0 Å². The standard InChI is InChI=1S/C17H17N3OS/c1-12-18-19-16(21-12)11-20-9-7-15-14(8-10-22-15)17(20)13-5-3-2-4-6-13/h2-6,8,10,17H,7,9,11H2,1H3/t17-/m1/s1.